The minimum Gasteiger partial charge on any atom is -0.358 e. The molecule has 0 amide bonds. The zero-order valence-electron chi connectivity index (χ0n) is 6.52. The Morgan fingerprint density at radius 1 is 1.55 bits per heavy atom. The van der Waals surface area contributed by atoms with E-state index in [0.29, 0.717) is 0 Å². The normalized spacial score (nSPS) is 10.6. The van der Waals surface area contributed by atoms with Crippen LogP contribution in [-0.4, -0.2) is 4.98 Å². The van der Waals surface area contributed by atoms with Crippen molar-refractivity contribution in [2.45, 2.75) is 13.3 Å². The Hall–Kier alpha value is -1.24. The Labute approximate surface area is 66.1 Å². The molecule has 1 nitrogen and oxygen atoms in total. The van der Waals surface area contributed by atoms with Gasteiger partial charge in [-0.2, -0.15) is 0 Å². The van der Waals surface area contributed by atoms with E-state index in [1.54, 1.807) is 0 Å². The highest BCUT2D eigenvalue weighted by Gasteiger charge is 1.95. The summed E-state index contributed by atoms with van der Waals surface area (Å²) in [6, 6.07) is 11.2. The van der Waals surface area contributed by atoms with Gasteiger partial charge in [-0.15, -0.1) is 0 Å². The number of aryl methyl sites for hydroxylation is 1. The Balaban J connectivity index is 2.69. The highest BCUT2D eigenvalue weighted by molar-refractivity contribution is 5.79. The smallest absolute Gasteiger partial charge is 0.0456 e. The fourth-order valence-corrected chi connectivity index (χ4v) is 1.26. The number of hydrogen-bond acceptors (Lipinski definition) is 0. The third kappa shape index (κ3) is 1.03. The van der Waals surface area contributed by atoms with E-state index in [9.17, 15) is 0 Å². The molecule has 1 heterocycles. The van der Waals surface area contributed by atoms with Crippen molar-refractivity contribution in [3.63, 3.8) is 0 Å². The van der Waals surface area contributed by atoms with Gasteiger partial charge in [0.05, 0.1) is 0 Å². The van der Waals surface area contributed by atoms with Crippen LogP contribution in [0.2, 0.25) is 0 Å². The minimum absolute atomic E-state index is 1.06. The lowest BCUT2D eigenvalue weighted by molar-refractivity contribution is 1.07. The first-order valence-electron chi connectivity index (χ1n) is 3.88. The first kappa shape index (κ1) is 6.47. The van der Waals surface area contributed by atoms with E-state index in [4.69, 9.17) is 0 Å². The third-order valence-corrected chi connectivity index (χ3v) is 1.90. The molecule has 0 bridgehead atoms. The van der Waals surface area contributed by atoms with Crippen molar-refractivity contribution in [2.75, 3.05) is 0 Å². The van der Waals surface area contributed by atoms with Gasteiger partial charge in [0.25, 0.3) is 0 Å². The third-order valence-electron chi connectivity index (χ3n) is 1.90. The summed E-state index contributed by atoms with van der Waals surface area (Å²) in [4.78, 5) is 3.33. The second-order valence-electron chi connectivity index (χ2n) is 2.66. The van der Waals surface area contributed by atoms with Crippen molar-refractivity contribution in [2.24, 2.45) is 0 Å². The second-order valence-corrected chi connectivity index (χ2v) is 2.66. The van der Waals surface area contributed by atoms with Gasteiger partial charge in [0, 0.05) is 16.6 Å². The molecule has 1 N–H and O–H groups in total. The van der Waals surface area contributed by atoms with Crippen LogP contribution in [-0.2, 0) is 6.42 Å². The van der Waals surface area contributed by atoms with Crippen LogP contribution >= 0.6 is 0 Å². The van der Waals surface area contributed by atoms with Gasteiger partial charge in [0.1, 0.15) is 0 Å². The van der Waals surface area contributed by atoms with Crippen LogP contribution in [0.4, 0.5) is 0 Å². The molecule has 0 saturated heterocycles. The zero-order chi connectivity index (χ0) is 7.68. The molecule has 0 unspecified atom stereocenters. The van der Waals surface area contributed by atoms with Crippen LogP contribution in [0.3, 0.4) is 0 Å². The van der Waals surface area contributed by atoms with Crippen LogP contribution in [0.5, 0.6) is 0 Å². The van der Waals surface area contributed by atoms with Crippen molar-refractivity contribution >= 4 is 10.9 Å². The maximum absolute atomic E-state index is 3.33. The molecule has 0 atom stereocenters. The summed E-state index contributed by atoms with van der Waals surface area (Å²) >= 11 is 0. The molecule has 1 aromatic heterocycles. The molecular formula is C10H10N. The first-order chi connectivity index (χ1) is 5.40. The van der Waals surface area contributed by atoms with Gasteiger partial charge >= 0.3 is 0 Å². The van der Waals surface area contributed by atoms with Crippen LogP contribution in [0.15, 0.2) is 24.3 Å². The zero-order valence-corrected chi connectivity index (χ0v) is 6.52. The van der Waals surface area contributed by atoms with E-state index in [-0.39, 0.29) is 0 Å². The molecule has 0 aliphatic heterocycles. The van der Waals surface area contributed by atoms with Crippen molar-refractivity contribution in [3.8, 4) is 0 Å². The summed E-state index contributed by atoms with van der Waals surface area (Å²) in [5.74, 6) is 0. The number of nitrogens with one attached hydrogen (secondary N) is 1. The standard InChI is InChI=1S/C10H10N/c1-2-9-7-8-5-3-4-6-10(8)11-9/h4-7,11H,2H2,1H3. The van der Waals surface area contributed by atoms with E-state index < -0.39 is 0 Å². The van der Waals surface area contributed by atoms with Gasteiger partial charge in [0.2, 0.25) is 0 Å². The number of benzene rings is 1. The lowest BCUT2D eigenvalue weighted by Gasteiger charge is -1.84. The molecule has 1 aromatic carbocycles. The molecule has 0 saturated carbocycles. The van der Waals surface area contributed by atoms with Crippen molar-refractivity contribution in [1.82, 2.24) is 4.98 Å². The molecule has 1 heteroatoms. The molecule has 11 heavy (non-hydrogen) atoms. The van der Waals surface area contributed by atoms with Crippen molar-refractivity contribution < 1.29 is 0 Å². The molecular weight excluding hydrogens is 134 g/mol. The van der Waals surface area contributed by atoms with Crippen molar-refractivity contribution in [3.05, 3.63) is 36.0 Å². The molecule has 1 radical (unpaired) electrons. The highest BCUT2D eigenvalue weighted by Crippen LogP contribution is 2.13. The maximum Gasteiger partial charge on any atom is 0.0456 e. The highest BCUT2D eigenvalue weighted by atomic mass is 14.7. The Morgan fingerprint density at radius 2 is 2.45 bits per heavy atom. The average molecular weight is 144 g/mol. The number of H-pyrrole nitrogens is 1. The lowest BCUT2D eigenvalue weighted by Crippen LogP contribution is -1.74. The van der Waals surface area contributed by atoms with E-state index in [1.165, 1.54) is 16.6 Å². The SMILES string of the molecule is CCc1cc2c[c]ccc2[nH]1. The quantitative estimate of drug-likeness (QED) is 0.633. The number of aromatic amines is 1. The molecule has 0 aliphatic carbocycles. The maximum atomic E-state index is 3.33. The Kier molecular flexibility index (Phi) is 1.42. The molecule has 0 aliphatic rings. The Morgan fingerprint density at radius 3 is 3.18 bits per heavy atom. The van der Waals surface area contributed by atoms with E-state index in [1.807, 2.05) is 12.1 Å². The predicted octanol–water partition coefficient (Wildman–Crippen LogP) is 2.53. The minimum atomic E-state index is 1.06. The lowest BCUT2D eigenvalue weighted by atomic mass is 10.2. The predicted molar refractivity (Wildman–Crippen MR) is 46.5 cm³/mol. The van der Waals surface area contributed by atoms with Crippen LogP contribution in [0, 0.1) is 6.07 Å². The average Bonchev–Trinajstić information content (AvgIpc) is 2.46. The Bertz CT molecular complexity index is 327. The molecule has 2 aromatic rings. The van der Waals surface area contributed by atoms with Crippen molar-refractivity contribution in [1.29, 1.82) is 0 Å². The first-order valence-corrected chi connectivity index (χ1v) is 3.88. The van der Waals surface area contributed by atoms with Crippen LogP contribution in [0.1, 0.15) is 12.6 Å². The van der Waals surface area contributed by atoms with Gasteiger partial charge < -0.3 is 4.98 Å². The molecule has 0 spiro atoms. The van der Waals surface area contributed by atoms with E-state index >= 15 is 0 Å². The van der Waals surface area contributed by atoms with E-state index in [2.05, 4.69) is 30.1 Å². The monoisotopic (exact) mass is 144 g/mol. The molecule has 55 valence electrons. The second kappa shape index (κ2) is 2.42. The van der Waals surface area contributed by atoms with Gasteiger partial charge in [-0.1, -0.05) is 13.0 Å². The van der Waals surface area contributed by atoms with Gasteiger partial charge in [-0.05, 0) is 30.7 Å². The summed E-state index contributed by atoms with van der Waals surface area (Å²) in [6.07, 6.45) is 1.06. The topological polar surface area (TPSA) is 15.8 Å². The number of fused-ring (bicyclic) bond motifs is 1. The molecule has 0 fully saturated rings. The molecule has 2 rings (SSSR count). The van der Waals surface area contributed by atoms with Crippen LogP contribution < -0.4 is 0 Å². The van der Waals surface area contributed by atoms with Gasteiger partial charge in [-0.3, -0.25) is 0 Å². The summed E-state index contributed by atoms with van der Waals surface area (Å²) in [5, 5.41) is 1.25. The number of aromatic nitrogens is 1. The number of hydrogen-bond donors (Lipinski definition) is 1. The summed E-state index contributed by atoms with van der Waals surface area (Å²) in [6.45, 7) is 2.15. The number of rotatable bonds is 1. The fraction of sp³-hybridized carbons (Fsp3) is 0.200. The van der Waals surface area contributed by atoms with Gasteiger partial charge in [-0.25, -0.2) is 0 Å². The summed E-state index contributed by atoms with van der Waals surface area (Å²) < 4.78 is 0. The largest absolute Gasteiger partial charge is 0.358 e. The van der Waals surface area contributed by atoms with Crippen LogP contribution in [0.25, 0.3) is 10.9 Å². The summed E-state index contributed by atoms with van der Waals surface area (Å²) in [5.41, 5.74) is 2.50. The van der Waals surface area contributed by atoms with E-state index in [0.717, 1.165) is 6.42 Å². The fourth-order valence-electron chi connectivity index (χ4n) is 1.26. The summed E-state index contributed by atoms with van der Waals surface area (Å²) in [7, 11) is 0. The van der Waals surface area contributed by atoms with Gasteiger partial charge in [0.15, 0.2) is 0 Å².